The van der Waals surface area contributed by atoms with Crippen LogP contribution in [0.15, 0.2) is 23.1 Å². The predicted molar refractivity (Wildman–Crippen MR) is 79.9 cm³/mol. The number of anilines is 1. The van der Waals surface area contributed by atoms with E-state index < -0.39 is 14.6 Å². The molecule has 0 spiro atoms. The summed E-state index contributed by atoms with van der Waals surface area (Å²) in [5.41, 5.74) is 7.50. The van der Waals surface area contributed by atoms with E-state index in [4.69, 9.17) is 5.73 Å². The minimum absolute atomic E-state index is 0.199. The first-order valence-corrected chi connectivity index (χ1v) is 8.48. The molecule has 0 radical (unpaired) electrons. The van der Waals surface area contributed by atoms with Gasteiger partial charge >= 0.3 is 0 Å². The smallest absolute Gasteiger partial charge is 0.156 e. The van der Waals surface area contributed by atoms with Crippen molar-refractivity contribution in [3.8, 4) is 0 Å². The van der Waals surface area contributed by atoms with E-state index >= 15 is 0 Å². The summed E-state index contributed by atoms with van der Waals surface area (Å²) < 4.78 is 23.2. The molecule has 0 bridgehead atoms. The van der Waals surface area contributed by atoms with Gasteiger partial charge in [-0.15, -0.1) is 11.8 Å². The highest BCUT2D eigenvalue weighted by atomic mass is 32.2. The first kappa shape index (κ1) is 15.4. The van der Waals surface area contributed by atoms with Crippen molar-refractivity contribution < 1.29 is 8.42 Å². The number of hydrogen-bond donors (Lipinski definition) is 1. The third-order valence-electron chi connectivity index (χ3n) is 2.74. The lowest BCUT2D eigenvalue weighted by molar-refractivity contribution is 0.562. The fourth-order valence-corrected chi connectivity index (χ4v) is 3.90. The molecular formula is C13H21NO2S2. The molecule has 0 aromatic heterocycles. The van der Waals surface area contributed by atoms with Crippen LogP contribution < -0.4 is 5.73 Å². The maximum atomic E-state index is 11.9. The maximum Gasteiger partial charge on any atom is 0.156 e. The van der Waals surface area contributed by atoms with Gasteiger partial charge in [0.25, 0.3) is 0 Å². The van der Waals surface area contributed by atoms with Crippen LogP contribution in [0.5, 0.6) is 0 Å². The normalized spacial score (nSPS) is 12.7. The molecule has 1 rings (SSSR count). The molecule has 0 fully saturated rings. The molecule has 5 heteroatoms. The summed E-state index contributed by atoms with van der Waals surface area (Å²) in [7, 11) is -3.03. The summed E-state index contributed by atoms with van der Waals surface area (Å²) in [4.78, 5) is 1.09. The summed E-state index contributed by atoms with van der Waals surface area (Å²) in [5, 5.41) is 0. The van der Waals surface area contributed by atoms with Gasteiger partial charge in [-0.05, 0) is 51.5 Å². The molecule has 0 unspecified atom stereocenters. The van der Waals surface area contributed by atoms with E-state index in [1.54, 1.807) is 32.5 Å². The van der Waals surface area contributed by atoms with Crippen LogP contribution in [0, 0.1) is 6.92 Å². The molecule has 3 nitrogen and oxygen atoms in total. The van der Waals surface area contributed by atoms with Crippen LogP contribution in [0.3, 0.4) is 0 Å². The number of aryl methyl sites for hydroxylation is 1. The third kappa shape index (κ3) is 3.92. The van der Waals surface area contributed by atoms with Crippen molar-refractivity contribution in [1.82, 2.24) is 0 Å². The lowest BCUT2D eigenvalue weighted by atomic mass is 10.2. The topological polar surface area (TPSA) is 60.2 Å². The van der Waals surface area contributed by atoms with Gasteiger partial charge in [0.2, 0.25) is 0 Å². The molecule has 0 aliphatic rings. The quantitative estimate of drug-likeness (QED) is 0.683. The molecule has 1 aromatic carbocycles. The molecule has 0 saturated carbocycles. The number of benzene rings is 1. The fraction of sp³-hybridized carbons (Fsp3) is 0.538. The Balaban J connectivity index is 2.63. The zero-order chi connectivity index (χ0) is 14.0. The van der Waals surface area contributed by atoms with Crippen molar-refractivity contribution in [2.45, 2.75) is 37.3 Å². The Bertz CT molecular complexity index is 516. The van der Waals surface area contributed by atoms with Gasteiger partial charge in [0.1, 0.15) is 0 Å². The molecule has 0 aliphatic heterocycles. The highest BCUT2D eigenvalue weighted by Crippen LogP contribution is 2.25. The third-order valence-corrected chi connectivity index (χ3v) is 6.78. The molecule has 1 aromatic rings. The van der Waals surface area contributed by atoms with Gasteiger partial charge in [-0.1, -0.05) is 0 Å². The Morgan fingerprint density at radius 1 is 1.28 bits per heavy atom. The Morgan fingerprint density at radius 3 is 2.39 bits per heavy atom. The van der Waals surface area contributed by atoms with Crippen molar-refractivity contribution in [2.75, 3.05) is 17.2 Å². The Kier molecular flexibility index (Phi) is 4.72. The molecule has 0 amide bonds. The minimum atomic E-state index is -3.03. The van der Waals surface area contributed by atoms with Gasteiger partial charge in [-0.25, -0.2) is 8.42 Å². The van der Waals surface area contributed by atoms with Gasteiger partial charge in [-0.2, -0.15) is 0 Å². The van der Waals surface area contributed by atoms with Gasteiger partial charge < -0.3 is 5.73 Å². The average Bonchev–Trinajstić information content (AvgIpc) is 2.19. The van der Waals surface area contributed by atoms with Crippen molar-refractivity contribution in [1.29, 1.82) is 0 Å². The molecular weight excluding hydrogens is 266 g/mol. The number of nitrogen functional groups attached to an aromatic ring is 1. The van der Waals surface area contributed by atoms with Gasteiger partial charge in [0.15, 0.2) is 9.84 Å². The van der Waals surface area contributed by atoms with Crippen molar-refractivity contribution in [2.24, 2.45) is 0 Å². The summed E-state index contributed by atoms with van der Waals surface area (Å²) >= 11 is 1.56. The fourth-order valence-electron chi connectivity index (χ4n) is 1.40. The van der Waals surface area contributed by atoms with Crippen LogP contribution >= 0.6 is 11.8 Å². The summed E-state index contributed by atoms with van der Waals surface area (Å²) in [6, 6.07) is 5.69. The summed E-state index contributed by atoms with van der Waals surface area (Å²) in [5.74, 6) is 0.773. The van der Waals surface area contributed by atoms with Crippen LogP contribution in [0.1, 0.15) is 26.3 Å². The van der Waals surface area contributed by atoms with E-state index in [0.29, 0.717) is 5.75 Å². The van der Waals surface area contributed by atoms with E-state index in [0.717, 1.165) is 16.1 Å². The first-order chi connectivity index (χ1) is 8.13. The van der Waals surface area contributed by atoms with Gasteiger partial charge in [-0.3, -0.25) is 0 Å². The number of hydrogen-bond acceptors (Lipinski definition) is 4. The Labute approximate surface area is 114 Å². The second-order valence-electron chi connectivity index (χ2n) is 5.30. The zero-order valence-electron chi connectivity index (χ0n) is 11.4. The molecule has 0 aliphatic carbocycles. The standard InChI is InChI=1S/C13H21NO2S2/c1-10-9-11(14)5-6-12(10)17-7-8-18(15,16)13(2,3)4/h5-6,9H,7-8,14H2,1-4H3. The Hall–Kier alpha value is -0.680. The largest absolute Gasteiger partial charge is 0.399 e. The van der Waals surface area contributed by atoms with E-state index in [2.05, 4.69) is 0 Å². The monoisotopic (exact) mass is 287 g/mol. The lowest BCUT2D eigenvalue weighted by Crippen LogP contribution is -2.31. The van der Waals surface area contributed by atoms with Gasteiger partial charge in [0.05, 0.1) is 10.5 Å². The molecule has 0 heterocycles. The van der Waals surface area contributed by atoms with Crippen LogP contribution in [-0.2, 0) is 9.84 Å². The summed E-state index contributed by atoms with van der Waals surface area (Å²) in [6.07, 6.45) is 0. The lowest BCUT2D eigenvalue weighted by Gasteiger charge is -2.18. The van der Waals surface area contributed by atoms with E-state index in [1.807, 2.05) is 25.1 Å². The Morgan fingerprint density at radius 2 is 1.89 bits per heavy atom. The molecule has 0 saturated heterocycles. The van der Waals surface area contributed by atoms with Crippen molar-refractivity contribution >= 4 is 27.3 Å². The molecule has 0 atom stereocenters. The second-order valence-corrected chi connectivity index (χ2v) is 9.30. The number of thioether (sulfide) groups is 1. The van der Waals surface area contributed by atoms with Crippen LogP contribution in [0.2, 0.25) is 0 Å². The average molecular weight is 287 g/mol. The van der Waals surface area contributed by atoms with E-state index in [-0.39, 0.29) is 5.75 Å². The molecule has 102 valence electrons. The van der Waals surface area contributed by atoms with E-state index in [1.165, 1.54) is 0 Å². The second kappa shape index (κ2) is 5.53. The number of rotatable bonds is 4. The van der Waals surface area contributed by atoms with Crippen LogP contribution in [0.25, 0.3) is 0 Å². The molecule has 2 N–H and O–H groups in total. The number of sulfone groups is 1. The SMILES string of the molecule is Cc1cc(N)ccc1SCCS(=O)(=O)C(C)(C)C. The summed E-state index contributed by atoms with van der Waals surface area (Å²) in [6.45, 7) is 7.20. The number of nitrogens with two attached hydrogens (primary N) is 1. The maximum absolute atomic E-state index is 11.9. The highest BCUT2D eigenvalue weighted by molar-refractivity contribution is 8.01. The van der Waals surface area contributed by atoms with Crippen molar-refractivity contribution in [3.63, 3.8) is 0 Å². The van der Waals surface area contributed by atoms with E-state index in [9.17, 15) is 8.42 Å². The predicted octanol–water partition coefficient (Wildman–Crippen LogP) is 2.88. The van der Waals surface area contributed by atoms with Crippen LogP contribution in [-0.4, -0.2) is 24.7 Å². The minimum Gasteiger partial charge on any atom is -0.399 e. The highest BCUT2D eigenvalue weighted by Gasteiger charge is 2.28. The van der Waals surface area contributed by atoms with Crippen molar-refractivity contribution in [3.05, 3.63) is 23.8 Å². The van der Waals surface area contributed by atoms with Crippen LogP contribution in [0.4, 0.5) is 5.69 Å². The molecule has 18 heavy (non-hydrogen) atoms. The zero-order valence-corrected chi connectivity index (χ0v) is 13.0. The first-order valence-electron chi connectivity index (χ1n) is 5.85. The van der Waals surface area contributed by atoms with Gasteiger partial charge in [0, 0.05) is 16.3 Å².